The fourth-order valence-electron chi connectivity index (χ4n) is 0. The van der Waals surface area contributed by atoms with Crippen LogP contribution in [0, 0.1) is 41.4 Å². The van der Waals surface area contributed by atoms with Crippen molar-refractivity contribution in [2.75, 3.05) is 55.9 Å². The Morgan fingerprint density at radius 1 is 0.220 bits per heavy atom. The quantitative estimate of drug-likeness (QED) is 0.113. The first-order chi connectivity index (χ1) is 37.3. The van der Waals surface area contributed by atoms with Gasteiger partial charge in [0.05, 0.1) is 0 Å². The van der Waals surface area contributed by atoms with E-state index in [-0.39, 0.29) is 32.6 Å². The van der Waals surface area contributed by atoms with Crippen molar-refractivity contribution in [2.45, 2.75) is 225 Å². The zero-order valence-electron chi connectivity index (χ0n) is 62.3. The van der Waals surface area contributed by atoms with Gasteiger partial charge in [0.15, 0.2) is 0 Å². The highest BCUT2D eigenvalue weighted by Crippen LogP contribution is 1.96. The summed E-state index contributed by atoms with van der Waals surface area (Å²) in [5.74, 6) is 6.19. The lowest BCUT2D eigenvalue weighted by Gasteiger charge is -1.90. The van der Waals surface area contributed by atoms with Gasteiger partial charge in [0.2, 0.25) is 0 Å². The van der Waals surface area contributed by atoms with Gasteiger partial charge in [-0.3, -0.25) is 0 Å². The predicted molar refractivity (Wildman–Crippen MR) is 383 cm³/mol. The molecule has 0 saturated carbocycles. The number of hydrogen-bond acceptors (Lipinski definition) is 23. The van der Waals surface area contributed by atoms with Gasteiger partial charge in [-0.1, -0.05) is 218 Å². The van der Waals surface area contributed by atoms with Crippen LogP contribution in [0.15, 0.2) is 0 Å². The van der Waals surface area contributed by atoms with Gasteiger partial charge in [-0.2, -0.15) is 0 Å². The Labute approximate surface area is 519 Å². The van der Waals surface area contributed by atoms with E-state index in [0.717, 1.165) is 41.4 Å². The average Bonchev–Trinajstić information content (AvgIpc) is 3.55. The third-order valence-electron chi connectivity index (χ3n) is 5.72. The molecule has 27 N–H and O–H groups in total. The number of nitrogens with two attached hydrogens (primary N) is 7. The fourth-order valence-corrected chi connectivity index (χ4v) is 0. The molecule has 536 valence electrons. The van der Waals surface area contributed by atoms with Gasteiger partial charge < -0.3 is 123 Å². The number of carbonyl (C=O) groups is 11. The molecule has 0 aliphatic carbocycles. The first-order valence-corrected chi connectivity index (χ1v) is 26.1. The van der Waals surface area contributed by atoms with Crippen molar-refractivity contribution in [3.05, 3.63) is 0 Å². The summed E-state index contributed by atoms with van der Waals surface area (Å²) in [7, 11) is 10.5. The molecule has 23 heteroatoms. The smallest absolute Gasteiger partial charge is 0.106 e. The lowest BCUT2D eigenvalue weighted by atomic mass is 10.2. The van der Waals surface area contributed by atoms with Crippen LogP contribution in [0.3, 0.4) is 0 Å². The molecule has 0 amide bonds. The third-order valence-corrected chi connectivity index (χ3v) is 5.72. The summed E-state index contributed by atoms with van der Waals surface area (Å²) in [6.45, 7) is 78.4. The molecule has 0 aromatic carbocycles. The van der Waals surface area contributed by atoms with Crippen LogP contribution in [-0.4, -0.2) is 136 Å². The third kappa shape index (κ3) is 4350. The summed E-state index contributed by atoms with van der Waals surface area (Å²) in [5, 5.41) is 7.57. The molecular formula is C59H173N11O12. The second kappa shape index (κ2) is 715. The summed E-state index contributed by atoms with van der Waals surface area (Å²) in [5.41, 5.74) is 31.5. The lowest BCUT2D eigenvalue weighted by molar-refractivity contribution is -0.0987. The molecule has 0 aromatic rings. The number of carbonyl (C=O) groups excluding carboxylic acids is 11. The summed E-state index contributed by atoms with van der Waals surface area (Å²) < 4.78 is 0. The van der Waals surface area contributed by atoms with Crippen LogP contribution in [0.2, 0.25) is 0 Å². The van der Waals surface area contributed by atoms with Gasteiger partial charge in [0.1, 0.15) is 74.7 Å². The molecule has 0 aliphatic heterocycles. The first-order valence-electron chi connectivity index (χ1n) is 26.1. The largest absolute Gasteiger partial charge is 0.397 e. The maximum Gasteiger partial charge on any atom is 0.106 e. The fraction of sp³-hybridized carbons (Fsp3) is 0.814. The van der Waals surface area contributed by atoms with Crippen molar-refractivity contribution in [1.82, 2.24) is 24.6 Å². The van der Waals surface area contributed by atoms with E-state index in [0.29, 0.717) is 0 Å². The van der Waals surface area contributed by atoms with E-state index < -0.39 is 0 Å². The van der Waals surface area contributed by atoms with E-state index in [1.54, 1.807) is 6.92 Å². The number of aliphatic hydroxyl groups is 1. The summed E-state index contributed by atoms with van der Waals surface area (Å²) >= 11 is 0. The lowest BCUT2D eigenvalue weighted by Crippen LogP contribution is -1.77. The first kappa shape index (κ1) is 219. The molecular weight excluding hydrogens is 1050 g/mol. The molecule has 0 aromatic heterocycles. The van der Waals surface area contributed by atoms with Crippen molar-refractivity contribution in [3.63, 3.8) is 0 Å². The maximum atomic E-state index is 8.00. The van der Waals surface area contributed by atoms with Crippen molar-refractivity contribution < 1.29 is 59.3 Å². The molecule has 0 heterocycles. The summed E-state index contributed by atoms with van der Waals surface area (Å²) in [4.78, 5) is 88.0. The van der Waals surface area contributed by atoms with E-state index in [4.69, 9.17) is 57.8 Å². The summed E-state index contributed by atoms with van der Waals surface area (Å²) in [6.07, 6.45) is 9.14. The normalized spacial score (nSPS) is 5.51. The van der Waals surface area contributed by atoms with Crippen LogP contribution >= 0.6 is 0 Å². The zero-order valence-corrected chi connectivity index (χ0v) is 62.3. The minimum Gasteiger partial charge on any atom is -0.397 e. The molecule has 82 heavy (non-hydrogen) atoms. The Balaban J connectivity index is -0.0000000102. The van der Waals surface area contributed by atoms with E-state index in [2.05, 4.69) is 186 Å². The highest BCUT2D eigenvalue weighted by atomic mass is 16.2. The van der Waals surface area contributed by atoms with Crippen LogP contribution in [-0.2, 0) is 52.7 Å². The minimum absolute atomic E-state index is 0. The van der Waals surface area contributed by atoms with E-state index in [1.807, 2.05) is 102 Å². The molecule has 0 atom stereocenters. The summed E-state index contributed by atoms with van der Waals surface area (Å²) in [6, 6.07) is 0. The maximum absolute atomic E-state index is 8.00. The van der Waals surface area contributed by atoms with Gasteiger partial charge in [-0.05, 0) is 97.7 Å². The van der Waals surface area contributed by atoms with Crippen molar-refractivity contribution in [3.8, 4) is 0 Å². The predicted octanol–water partition coefficient (Wildman–Crippen LogP) is 12.3. The Morgan fingerprint density at radius 2 is 0.232 bits per heavy atom. The molecule has 0 radical (unpaired) electrons. The van der Waals surface area contributed by atoms with Gasteiger partial charge in [0.25, 0.3) is 0 Å². The van der Waals surface area contributed by atoms with Gasteiger partial charge in [-0.15, -0.1) is 0 Å². The molecule has 0 rings (SSSR count). The molecule has 0 saturated heterocycles. The number of rotatable bonds is 7. The SMILES string of the molecule is C=O.C=O.C=O.C=O.C=O.C=O.C=O.C=O.C=O.C=O.C=O.CC.CC.CCC(C)C.CCC(C)C.CCC(C)C.CCC(C)C.CCC(C)C.CCC(C)C.CCC(C)C.CCO.CN.CN.CN.CN.CN.CN.CN.N.N.N.N.[HH]. The van der Waals surface area contributed by atoms with E-state index >= 15 is 0 Å². The van der Waals surface area contributed by atoms with Crippen molar-refractivity contribution in [1.29, 1.82) is 0 Å². The Hall–Kier alpha value is -4.11. The number of hydrogen-bond donors (Lipinski definition) is 12. The second-order valence-corrected chi connectivity index (χ2v) is 12.9. The Morgan fingerprint density at radius 3 is 0.232 bits per heavy atom. The van der Waals surface area contributed by atoms with Gasteiger partial charge in [-0.25, -0.2) is 0 Å². The standard InChI is InChI=1S/7C5H12.C2H6O.2C2H6.7CH5N.11CH2O.4H3N.H2/c7*1-4-5(2)3;1-2-3;20*1-2;;;;;/h7*5H,4H2,1-3H3;3H,2H2,1H3;2*1-2H3;7*2H2,1H3;11*1H2;4*1H3;1H. The van der Waals surface area contributed by atoms with Gasteiger partial charge in [0, 0.05) is 8.03 Å². The highest BCUT2D eigenvalue weighted by Gasteiger charge is 1.82. The van der Waals surface area contributed by atoms with E-state index in [9.17, 15) is 0 Å². The second-order valence-electron chi connectivity index (χ2n) is 12.9. The zero-order chi connectivity index (χ0) is 72.7. The van der Waals surface area contributed by atoms with Crippen LogP contribution in [0.25, 0.3) is 0 Å². The Bertz CT molecular complexity index is 396. The van der Waals surface area contributed by atoms with Crippen LogP contribution < -0.4 is 64.7 Å². The monoisotopic (exact) mass is 1230 g/mol. The van der Waals surface area contributed by atoms with Crippen LogP contribution in [0.5, 0.6) is 0 Å². The van der Waals surface area contributed by atoms with Gasteiger partial charge >= 0.3 is 0 Å². The highest BCUT2D eigenvalue weighted by molar-refractivity contribution is 5.12. The van der Waals surface area contributed by atoms with Crippen molar-refractivity contribution >= 4 is 74.7 Å². The van der Waals surface area contributed by atoms with Crippen molar-refractivity contribution in [2.24, 2.45) is 81.6 Å². The molecule has 0 spiro atoms. The molecule has 0 fully saturated rings. The number of aliphatic hydroxyl groups excluding tert-OH is 1. The van der Waals surface area contributed by atoms with Crippen LogP contribution in [0.1, 0.15) is 226 Å². The Kier molecular flexibility index (Phi) is 1910. The van der Waals surface area contributed by atoms with Crippen LogP contribution in [0.4, 0.5) is 0 Å². The molecule has 0 unspecified atom stereocenters. The molecule has 0 bridgehead atoms. The topological polar surface area (TPSA) is 530 Å². The minimum atomic E-state index is 0. The molecule has 23 nitrogen and oxygen atoms in total. The van der Waals surface area contributed by atoms with E-state index in [1.165, 1.54) is 94.3 Å². The molecule has 0 aliphatic rings. The average molecular weight is 1230 g/mol.